The Morgan fingerprint density at radius 3 is 2.65 bits per heavy atom. The fourth-order valence-corrected chi connectivity index (χ4v) is 2.61. The van der Waals surface area contributed by atoms with E-state index in [0.717, 1.165) is 12.8 Å². The molecule has 0 aliphatic carbocycles. The Labute approximate surface area is 119 Å². The fraction of sp³-hybridized carbons (Fsp3) is 0.462. The second-order valence-electron chi connectivity index (χ2n) is 4.64. The maximum absolute atomic E-state index is 11.1. The third-order valence-corrected chi connectivity index (χ3v) is 3.42. The molecule has 20 heavy (non-hydrogen) atoms. The minimum absolute atomic E-state index is 0.0212. The van der Waals surface area contributed by atoms with E-state index in [1.165, 1.54) is 18.2 Å². The highest BCUT2D eigenvalue weighted by molar-refractivity contribution is 6.49. The van der Waals surface area contributed by atoms with E-state index in [1.807, 2.05) is 20.0 Å². The third-order valence-electron chi connectivity index (χ3n) is 2.71. The maximum Gasteiger partial charge on any atom is 0.276 e. The van der Waals surface area contributed by atoms with Gasteiger partial charge in [-0.15, -0.1) is 0 Å². The first-order valence-corrected chi connectivity index (χ1v) is 9.34. The van der Waals surface area contributed by atoms with Crippen LogP contribution in [0.5, 0.6) is 5.75 Å². The number of carbonyl (C=O) groups excluding carboxylic acids is 1. The van der Waals surface area contributed by atoms with Gasteiger partial charge in [-0.25, -0.2) is 4.79 Å². The van der Waals surface area contributed by atoms with Crippen LogP contribution in [0.15, 0.2) is 17.1 Å². The van der Waals surface area contributed by atoms with Crippen LogP contribution in [0.2, 0.25) is 13.1 Å². The summed E-state index contributed by atoms with van der Waals surface area (Å²) in [7, 11) is -1.48. The van der Waals surface area contributed by atoms with Gasteiger partial charge in [0.15, 0.2) is 0 Å². The molecule has 0 radical (unpaired) electrons. The number of isocyanates is 1. The predicted molar refractivity (Wildman–Crippen MR) is 79.0 cm³/mol. The zero-order chi connectivity index (χ0) is 15.1. The summed E-state index contributed by atoms with van der Waals surface area (Å²) < 4.78 is 5.78. The van der Waals surface area contributed by atoms with Crippen molar-refractivity contribution in [3.63, 3.8) is 0 Å². The highest BCUT2D eigenvalue weighted by Crippen LogP contribution is 2.38. The topological polar surface area (TPSA) is 81.8 Å². The highest BCUT2D eigenvalue weighted by atomic mass is 28.3. The summed E-state index contributed by atoms with van der Waals surface area (Å²) in [6, 6.07) is 2.81. The summed E-state index contributed by atoms with van der Waals surface area (Å²) in [6.07, 6.45) is 3.73. The molecule has 6 nitrogen and oxygen atoms in total. The molecule has 0 atom stereocenters. The molecular weight excluding hydrogens is 276 g/mol. The van der Waals surface area contributed by atoms with Crippen LogP contribution in [0.3, 0.4) is 0 Å². The van der Waals surface area contributed by atoms with Gasteiger partial charge in [-0.2, -0.15) is 4.99 Å². The Bertz CT molecular complexity index is 539. The van der Waals surface area contributed by atoms with E-state index >= 15 is 0 Å². The van der Waals surface area contributed by atoms with Crippen molar-refractivity contribution in [1.29, 1.82) is 0 Å². The number of nitrogens with zero attached hydrogens (tertiary/aromatic N) is 2. The van der Waals surface area contributed by atoms with Crippen molar-refractivity contribution >= 4 is 26.5 Å². The van der Waals surface area contributed by atoms with Crippen LogP contribution in [0.25, 0.3) is 0 Å². The molecule has 7 heteroatoms. The van der Waals surface area contributed by atoms with Gasteiger partial charge in [-0.3, -0.25) is 10.1 Å². The molecule has 0 amide bonds. The zero-order valence-corrected chi connectivity index (χ0v) is 13.0. The Hall–Kier alpha value is -1.98. The molecule has 0 fully saturated rings. The Kier molecular flexibility index (Phi) is 6.08. The number of rotatable bonds is 7. The molecule has 0 spiro atoms. The molecule has 0 N–H and O–H groups in total. The molecule has 0 saturated heterocycles. The van der Waals surface area contributed by atoms with Gasteiger partial charge in [0.1, 0.15) is 11.4 Å². The summed E-state index contributed by atoms with van der Waals surface area (Å²) in [6.45, 7) is 5.92. The van der Waals surface area contributed by atoms with Crippen LogP contribution < -0.4 is 4.43 Å². The number of aliphatic imine (C=N–C) groups is 1. The van der Waals surface area contributed by atoms with Crippen LogP contribution in [0.4, 0.5) is 11.4 Å². The summed E-state index contributed by atoms with van der Waals surface area (Å²) in [5, 5.41) is 11.1. The summed E-state index contributed by atoms with van der Waals surface area (Å²) >= 11 is 0. The standard InChI is InChI=1S/C13H18N2O4Si/c1-4-5-6-10-12(15(17)18)8-7-11(14-9-16)13(10)19-20(2)3/h7-8,20H,4-6H2,1-3H3. The first-order valence-electron chi connectivity index (χ1n) is 6.56. The van der Waals surface area contributed by atoms with E-state index in [-0.39, 0.29) is 5.69 Å². The van der Waals surface area contributed by atoms with Crippen molar-refractivity contribution in [1.82, 2.24) is 0 Å². The Morgan fingerprint density at radius 2 is 2.15 bits per heavy atom. The first kappa shape index (κ1) is 16.1. The van der Waals surface area contributed by atoms with Crippen molar-refractivity contribution in [2.24, 2.45) is 4.99 Å². The van der Waals surface area contributed by atoms with Gasteiger partial charge in [0.05, 0.1) is 10.5 Å². The van der Waals surface area contributed by atoms with Gasteiger partial charge < -0.3 is 4.43 Å². The van der Waals surface area contributed by atoms with Gasteiger partial charge in [0.25, 0.3) is 5.69 Å². The summed E-state index contributed by atoms with van der Waals surface area (Å²) in [5.41, 5.74) is 0.861. The van der Waals surface area contributed by atoms with E-state index in [9.17, 15) is 14.9 Å². The quantitative estimate of drug-likeness (QED) is 0.254. The first-order chi connectivity index (χ1) is 9.51. The molecule has 0 unspecified atom stereocenters. The molecule has 0 aliphatic heterocycles. The van der Waals surface area contributed by atoms with Crippen LogP contribution >= 0.6 is 0 Å². The second kappa shape index (κ2) is 7.57. The van der Waals surface area contributed by atoms with Crippen LogP contribution in [0, 0.1) is 10.1 Å². The largest absolute Gasteiger partial charge is 0.545 e. The summed E-state index contributed by atoms with van der Waals surface area (Å²) in [4.78, 5) is 24.8. The lowest BCUT2D eigenvalue weighted by Crippen LogP contribution is -2.13. The lowest BCUT2D eigenvalue weighted by atomic mass is 10.0. The number of hydrogen-bond acceptors (Lipinski definition) is 5. The van der Waals surface area contributed by atoms with Crippen molar-refractivity contribution in [2.45, 2.75) is 39.3 Å². The van der Waals surface area contributed by atoms with Gasteiger partial charge in [0, 0.05) is 6.07 Å². The lowest BCUT2D eigenvalue weighted by molar-refractivity contribution is -0.385. The van der Waals surface area contributed by atoms with Crippen molar-refractivity contribution in [3.8, 4) is 5.75 Å². The lowest BCUT2D eigenvalue weighted by Gasteiger charge is -2.16. The smallest absolute Gasteiger partial charge is 0.276 e. The third kappa shape index (κ3) is 4.01. The van der Waals surface area contributed by atoms with Gasteiger partial charge in [-0.1, -0.05) is 13.3 Å². The SMILES string of the molecule is CCCCc1c([N+](=O)[O-])ccc(N=C=O)c1O[SiH](C)C. The van der Waals surface area contributed by atoms with Gasteiger partial charge in [-0.05, 0) is 32.0 Å². The van der Waals surface area contributed by atoms with E-state index in [2.05, 4.69) is 4.99 Å². The molecule has 0 bridgehead atoms. The predicted octanol–water partition coefficient (Wildman–Crippen LogP) is 3.27. The number of benzene rings is 1. The van der Waals surface area contributed by atoms with Crippen LogP contribution in [-0.2, 0) is 11.2 Å². The molecule has 0 aromatic heterocycles. The zero-order valence-electron chi connectivity index (χ0n) is 11.9. The number of nitro groups is 1. The van der Waals surface area contributed by atoms with Gasteiger partial charge >= 0.3 is 0 Å². The molecular formula is C13H18N2O4Si. The van der Waals surface area contributed by atoms with E-state index in [0.29, 0.717) is 23.4 Å². The average Bonchev–Trinajstić information content (AvgIpc) is 2.38. The molecule has 1 aromatic rings. The molecule has 108 valence electrons. The monoisotopic (exact) mass is 294 g/mol. The van der Waals surface area contributed by atoms with Crippen LogP contribution in [-0.4, -0.2) is 20.0 Å². The summed E-state index contributed by atoms with van der Waals surface area (Å²) in [5.74, 6) is 0.373. The molecule has 0 aliphatic rings. The van der Waals surface area contributed by atoms with E-state index in [4.69, 9.17) is 4.43 Å². The van der Waals surface area contributed by atoms with Gasteiger partial charge in [0.2, 0.25) is 15.1 Å². The van der Waals surface area contributed by atoms with Crippen LogP contribution in [0.1, 0.15) is 25.3 Å². The second-order valence-corrected chi connectivity index (χ2v) is 6.98. The van der Waals surface area contributed by atoms with E-state index < -0.39 is 14.0 Å². The molecule has 0 saturated carbocycles. The average molecular weight is 294 g/mol. The minimum atomic E-state index is -1.48. The molecule has 0 heterocycles. The normalized spacial score (nSPS) is 10.2. The number of nitro benzene ring substituents is 1. The van der Waals surface area contributed by atoms with Crippen molar-refractivity contribution < 1.29 is 14.1 Å². The fourth-order valence-electron chi connectivity index (χ4n) is 1.88. The number of hydrogen-bond donors (Lipinski definition) is 0. The Balaban J connectivity index is 3.44. The number of unbranched alkanes of at least 4 members (excludes halogenated alkanes) is 1. The van der Waals surface area contributed by atoms with Crippen molar-refractivity contribution in [2.75, 3.05) is 0 Å². The maximum atomic E-state index is 11.1. The molecule has 1 rings (SSSR count). The Morgan fingerprint density at radius 1 is 1.45 bits per heavy atom. The minimum Gasteiger partial charge on any atom is -0.545 e. The highest BCUT2D eigenvalue weighted by Gasteiger charge is 2.22. The molecule has 1 aromatic carbocycles. The van der Waals surface area contributed by atoms with Crippen molar-refractivity contribution in [3.05, 3.63) is 27.8 Å². The van der Waals surface area contributed by atoms with E-state index in [1.54, 1.807) is 0 Å².